The largest absolute Gasteiger partial charge is 0.272 e. The molecule has 3 heteroatoms. The van der Waals surface area contributed by atoms with Gasteiger partial charge in [0.15, 0.2) is 0 Å². The second kappa shape index (κ2) is 2.40. The zero-order valence-corrected chi connectivity index (χ0v) is 6.51. The van der Waals surface area contributed by atoms with Crippen molar-refractivity contribution in [3.63, 3.8) is 0 Å². The van der Waals surface area contributed by atoms with E-state index < -0.39 is 0 Å². The minimum atomic E-state index is -0.000000000000000444. The molecule has 0 spiro atoms. The van der Waals surface area contributed by atoms with E-state index in [0.29, 0.717) is 5.92 Å². The van der Waals surface area contributed by atoms with Crippen LogP contribution >= 0.6 is 0 Å². The van der Waals surface area contributed by atoms with Crippen molar-refractivity contribution in [1.29, 1.82) is 0 Å². The van der Waals surface area contributed by atoms with E-state index in [1.807, 2.05) is 20.8 Å². The molecule has 1 N–H and O–H groups in total. The minimum absolute atomic E-state index is 0.000000000000000444. The molecule has 0 aromatic heterocycles. The average Bonchev–Trinajstić information content (AvgIpc) is 2.11. The van der Waals surface area contributed by atoms with Gasteiger partial charge in [0.05, 0.1) is 5.92 Å². The maximum absolute atomic E-state index is 11.0. The third kappa shape index (κ3) is 1.03. The van der Waals surface area contributed by atoms with E-state index in [1.165, 1.54) is 0 Å². The number of carbonyl (C=O) groups excluding carboxylic acids is 1. The first-order valence-corrected chi connectivity index (χ1v) is 3.47. The first-order valence-electron chi connectivity index (χ1n) is 3.47. The minimum Gasteiger partial charge on any atom is -0.272 e. The summed E-state index contributed by atoms with van der Waals surface area (Å²) in [5, 5.41) is 3.84. The van der Waals surface area contributed by atoms with E-state index in [4.69, 9.17) is 0 Å². The normalized spacial score (nSPS) is 25.0. The maximum atomic E-state index is 11.0. The second-order valence-electron chi connectivity index (χ2n) is 2.95. The monoisotopic (exact) mass is 140 g/mol. The second-order valence-corrected chi connectivity index (χ2v) is 2.95. The number of nitrogens with zero attached hydrogens (tertiary/aromatic N) is 1. The van der Waals surface area contributed by atoms with Crippen LogP contribution in [0.3, 0.4) is 0 Å². The molecule has 1 amide bonds. The quantitative estimate of drug-likeness (QED) is 0.574. The summed E-state index contributed by atoms with van der Waals surface area (Å²) in [7, 11) is 0. The van der Waals surface area contributed by atoms with Gasteiger partial charge in [0.2, 0.25) is 5.91 Å². The van der Waals surface area contributed by atoms with Gasteiger partial charge in [-0.05, 0) is 12.8 Å². The molecular weight excluding hydrogens is 128 g/mol. The van der Waals surface area contributed by atoms with Gasteiger partial charge >= 0.3 is 0 Å². The SMILES string of the molecule is CC1=NNC(=O)C1C(C)C. The van der Waals surface area contributed by atoms with Crippen molar-refractivity contribution in [2.24, 2.45) is 16.9 Å². The van der Waals surface area contributed by atoms with Crippen molar-refractivity contribution < 1.29 is 4.79 Å². The van der Waals surface area contributed by atoms with Crippen LogP contribution in [0.25, 0.3) is 0 Å². The van der Waals surface area contributed by atoms with Crippen LogP contribution in [0.1, 0.15) is 20.8 Å². The topological polar surface area (TPSA) is 41.5 Å². The molecule has 1 aliphatic heterocycles. The fourth-order valence-corrected chi connectivity index (χ4v) is 1.26. The van der Waals surface area contributed by atoms with E-state index in [1.54, 1.807) is 0 Å². The Labute approximate surface area is 60.5 Å². The molecule has 0 bridgehead atoms. The molecule has 0 aromatic carbocycles. The predicted octanol–water partition coefficient (Wildman–Crippen LogP) is 0.764. The Hall–Kier alpha value is -0.860. The fraction of sp³-hybridized carbons (Fsp3) is 0.714. The molecule has 1 aliphatic rings. The molecular formula is C7H12N2O. The Balaban J connectivity index is 2.74. The van der Waals surface area contributed by atoms with Crippen LogP contribution in [0.15, 0.2) is 5.10 Å². The van der Waals surface area contributed by atoms with Gasteiger partial charge in [-0.25, -0.2) is 5.43 Å². The molecule has 0 saturated heterocycles. The lowest BCUT2D eigenvalue weighted by Gasteiger charge is -2.10. The number of rotatable bonds is 1. The Morgan fingerprint density at radius 3 is 2.40 bits per heavy atom. The molecule has 0 saturated carbocycles. The third-order valence-corrected chi connectivity index (χ3v) is 1.74. The van der Waals surface area contributed by atoms with E-state index in [0.717, 1.165) is 5.71 Å². The highest BCUT2D eigenvalue weighted by atomic mass is 16.2. The molecule has 1 atom stereocenters. The molecule has 1 heterocycles. The summed E-state index contributed by atoms with van der Waals surface area (Å²) in [4.78, 5) is 11.0. The lowest BCUT2D eigenvalue weighted by atomic mass is 9.92. The first kappa shape index (κ1) is 7.25. The van der Waals surface area contributed by atoms with Crippen molar-refractivity contribution in [2.45, 2.75) is 20.8 Å². The summed E-state index contributed by atoms with van der Waals surface area (Å²) in [6, 6.07) is 0. The molecule has 1 rings (SSSR count). The van der Waals surface area contributed by atoms with Crippen LogP contribution in [0.4, 0.5) is 0 Å². The van der Waals surface area contributed by atoms with Gasteiger partial charge in [-0.2, -0.15) is 5.10 Å². The fourth-order valence-electron chi connectivity index (χ4n) is 1.26. The van der Waals surface area contributed by atoms with Gasteiger partial charge < -0.3 is 0 Å². The molecule has 1 unspecified atom stereocenters. The summed E-state index contributed by atoms with van der Waals surface area (Å²) < 4.78 is 0. The van der Waals surface area contributed by atoms with Gasteiger partial charge in [-0.1, -0.05) is 13.8 Å². The number of amides is 1. The number of nitrogens with one attached hydrogen (secondary N) is 1. The molecule has 0 aliphatic carbocycles. The van der Waals surface area contributed by atoms with Crippen LogP contribution in [0.2, 0.25) is 0 Å². The van der Waals surface area contributed by atoms with Gasteiger partial charge in [0, 0.05) is 5.71 Å². The molecule has 3 nitrogen and oxygen atoms in total. The number of carbonyl (C=O) groups is 1. The first-order chi connectivity index (χ1) is 4.63. The van der Waals surface area contributed by atoms with Crippen molar-refractivity contribution in [2.75, 3.05) is 0 Å². The van der Waals surface area contributed by atoms with Gasteiger partial charge in [-0.15, -0.1) is 0 Å². The summed E-state index contributed by atoms with van der Waals surface area (Å²) in [5.41, 5.74) is 3.35. The van der Waals surface area contributed by atoms with E-state index in [9.17, 15) is 4.79 Å². The lowest BCUT2D eigenvalue weighted by Crippen LogP contribution is -2.26. The highest BCUT2D eigenvalue weighted by Crippen LogP contribution is 2.16. The van der Waals surface area contributed by atoms with Crippen molar-refractivity contribution in [1.82, 2.24) is 5.43 Å². The van der Waals surface area contributed by atoms with E-state index in [-0.39, 0.29) is 11.8 Å². The van der Waals surface area contributed by atoms with Gasteiger partial charge in [-0.3, -0.25) is 4.79 Å². The van der Waals surface area contributed by atoms with Crippen molar-refractivity contribution >= 4 is 11.6 Å². The third-order valence-electron chi connectivity index (χ3n) is 1.74. The van der Waals surface area contributed by atoms with Gasteiger partial charge in [0.25, 0.3) is 0 Å². The van der Waals surface area contributed by atoms with Crippen LogP contribution in [-0.4, -0.2) is 11.6 Å². The van der Waals surface area contributed by atoms with Crippen LogP contribution in [0.5, 0.6) is 0 Å². The van der Waals surface area contributed by atoms with E-state index in [2.05, 4.69) is 10.5 Å². The molecule has 0 fully saturated rings. The van der Waals surface area contributed by atoms with Crippen LogP contribution < -0.4 is 5.43 Å². The van der Waals surface area contributed by atoms with Crippen LogP contribution in [0, 0.1) is 11.8 Å². The predicted molar refractivity (Wildman–Crippen MR) is 39.6 cm³/mol. The molecule has 0 aromatic rings. The van der Waals surface area contributed by atoms with Crippen LogP contribution in [-0.2, 0) is 4.79 Å². The van der Waals surface area contributed by atoms with Gasteiger partial charge in [0.1, 0.15) is 0 Å². The standard InChI is InChI=1S/C7H12N2O/c1-4(2)6-5(3)8-9-7(6)10/h4,6H,1-3H3,(H,9,10). The lowest BCUT2D eigenvalue weighted by molar-refractivity contribution is -0.122. The number of hydrogen-bond donors (Lipinski definition) is 1. The average molecular weight is 140 g/mol. The smallest absolute Gasteiger partial charge is 0.249 e. The van der Waals surface area contributed by atoms with E-state index >= 15 is 0 Å². The summed E-state index contributed by atoms with van der Waals surface area (Å²) in [6.07, 6.45) is 0. The molecule has 10 heavy (non-hydrogen) atoms. The van der Waals surface area contributed by atoms with Crippen molar-refractivity contribution in [3.05, 3.63) is 0 Å². The zero-order valence-electron chi connectivity index (χ0n) is 6.51. The number of hydrazone groups is 1. The Morgan fingerprint density at radius 2 is 2.20 bits per heavy atom. The summed E-state index contributed by atoms with van der Waals surface area (Å²) in [5.74, 6) is 0.388. The van der Waals surface area contributed by atoms with Crippen molar-refractivity contribution in [3.8, 4) is 0 Å². The Morgan fingerprint density at radius 1 is 1.60 bits per heavy atom. The molecule has 0 radical (unpaired) electrons. The summed E-state index contributed by atoms with van der Waals surface area (Å²) >= 11 is 0. The summed E-state index contributed by atoms with van der Waals surface area (Å²) in [6.45, 7) is 5.92. The highest BCUT2D eigenvalue weighted by molar-refractivity contribution is 6.07. The number of hydrogen-bond acceptors (Lipinski definition) is 2. The Kier molecular flexibility index (Phi) is 1.74. The zero-order chi connectivity index (χ0) is 7.72. The molecule has 56 valence electrons. The maximum Gasteiger partial charge on any atom is 0.249 e. The Bertz CT molecular complexity index is 184. The highest BCUT2D eigenvalue weighted by Gasteiger charge is 2.29.